The van der Waals surface area contributed by atoms with Crippen LogP contribution in [0.25, 0.3) is 0 Å². The molecule has 0 amide bonds. The SMILES string of the molecule is Nc1ccccc1Oc1c(F)cc([N+](=O)[O-])cc1F. The molecule has 5 nitrogen and oxygen atoms in total. The number of nitro groups is 1. The molecule has 0 aromatic heterocycles. The highest BCUT2D eigenvalue weighted by atomic mass is 19.1. The number of hydrogen-bond acceptors (Lipinski definition) is 4. The predicted molar refractivity (Wildman–Crippen MR) is 63.9 cm³/mol. The minimum Gasteiger partial charge on any atom is -0.449 e. The molecule has 2 aromatic carbocycles. The molecule has 0 fully saturated rings. The van der Waals surface area contributed by atoms with Crippen LogP contribution in [0.5, 0.6) is 11.5 Å². The molecule has 2 aromatic rings. The first kappa shape index (κ1) is 12.7. The van der Waals surface area contributed by atoms with E-state index in [2.05, 4.69) is 0 Å². The van der Waals surface area contributed by atoms with Crippen LogP contribution in [-0.4, -0.2) is 4.92 Å². The zero-order valence-electron chi connectivity index (χ0n) is 9.47. The molecular formula is C12H8F2N2O3. The Morgan fingerprint density at radius 3 is 2.26 bits per heavy atom. The molecular weight excluding hydrogens is 258 g/mol. The van der Waals surface area contributed by atoms with Gasteiger partial charge in [0, 0.05) is 0 Å². The molecule has 98 valence electrons. The molecule has 0 saturated heterocycles. The smallest absolute Gasteiger partial charge is 0.275 e. The van der Waals surface area contributed by atoms with Crippen LogP contribution in [-0.2, 0) is 0 Å². The van der Waals surface area contributed by atoms with Gasteiger partial charge in [-0.05, 0) is 12.1 Å². The van der Waals surface area contributed by atoms with Gasteiger partial charge in [-0.15, -0.1) is 0 Å². The second-order valence-corrected chi connectivity index (χ2v) is 3.64. The van der Waals surface area contributed by atoms with Crippen molar-refractivity contribution in [1.29, 1.82) is 0 Å². The van der Waals surface area contributed by atoms with Crippen LogP contribution in [0.4, 0.5) is 20.2 Å². The number of nitrogens with zero attached hydrogens (tertiary/aromatic N) is 1. The lowest BCUT2D eigenvalue weighted by atomic mass is 10.2. The fourth-order valence-electron chi connectivity index (χ4n) is 1.43. The molecule has 0 bridgehead atoms. The minimum absolute atomic E-state index is 0.0640. The summed E-state index contributed by atoms with van der Waals surface area (Å²) in [5.41, 5.74) is 5.07. The van der Waals surface area contributed by atoms with E-state index < -0.39 is 28.0 Å². The van der Waals surface area contributed by atoms with Gasteiger partial charge in [0.15, 0.2) is 23.1 Å². The summed E-state index contributed by atoms with van der Waals surface area (Å²) >= 11 is 0. The van der Waals surface area contributed by atoms with Crippen LogP contribution >= 0.6 is 0 Å². The van der Waals surface area contributed by atoms with Crippen LogP contribution in [0, 0.1) is 21.7 Å². The fourth-order valence-corrected chi connectivity index (χ4v) is 1.43. The van der Waals surface area contributed by atoms with Crippen LogP contribution in [0.3, 0.4) is 0 Å². The lowest BCUT2D eigenvalue weighted by Crippen LogP contribution is -1.98. The molecule has 2 N–H and O–H groups in total. The average Bonchev–Trinajstić information content (AvgIpc) is 2.35. The van der Waals surface area contributed by atoms with Crippen molar-refractivity contribution >= 4 is 11.4 Å². The summed E-state index contributed by atoms with van der Waals surface area (Å²) in [5, 5.41) is 10.4. The number of nitrogen functional groups attached to an aromatic ring is 1. The summed E-state index contributed by atoms with van der Waals surface area (Å²) < 4.78 is 32.2. The van der Waals surface area contributed by atoms with Crippen molar-refractivity contribution in [2.75, 3.05) is 5.73 Å². The molecule has 0 atom stereocenters. The van der Waals surface area contributed by atoms with E-state index in [9.17, 15) is 18.9 Å². The minimum atomic E-state index is -1.17. The van der Waals surface area contributed by atoms with Gasteiger partial charge in [0.05, 0.1) is 22.7 Å². The van der Waals surface area contributed by atoms with E-state index in [-0.39, 0.29) is 11.4 Å². The average molecular weight is 266 g/mol. The maximum absolute atomic E-state index is 13.6. The van der Waals surface area contributed by atoms with E-state index >= 15 is 0 Å². The number of benzene rings is 2. The van der Waals surface area contributed by atoms with Gasteiger partial charge in [0.25, 0.3) is 5.69 Å². The number of non-ortho nitro benzene ring substituents is 1. The maximum atomic E-state index is 13.6. The third kappa shape index (κ3) is 2.59. The number of rotatable bonds is 3. The van der Waals surface area contributed by atoms with Crippen LogP contribution < -0.4 is 10.5 Å². The second kappa shape index (κ2) is 4.89. The monoisotopic (exact) mass is 266 g/mol. The Morgan fingerprint density at radius 2 is 1.74 bits per heavy atom. The van der Waals surface area contributed by atoms with E-state index in [1.54, 1.807) is 12.1 Å². The summed E-state index contributed by atoms with van der Waals surface area (Å²) in [6, 6.07) is 7.29. The Balaban J connectivity index is 2.42. The molecule has 0 aliphatic carbocycles. The normalized spacial score (nSPS) is 10.2. The third-order valence-corrected chi connectivity index (χ3v) is 2.32. The highest BCUT2D eigenvalue weighted by molar-refractivity contribution is 5.54. The molecule has 19 heavy (non-hydrogen) atoms. The molecule has 0 aliphatic rings. The lowest BCUT2D eigenvalue weighted by molar-refractivity contribution is -0.385. The van der Waals surface area contributed by atoms with Crippen LogP contribution in [0.15, 0.2) is 36.4 Å². The number of ether oxygens (including phenoxy) is 1. The summed E-state index contributed by atoms with van der Waals surface area (Å²) in [4.78, 5) is 9.54. The summed E-state index contributed by atoms with van der Waals surface area (Å²) in [6.45, 7) is 0. The Bertz CT molecular complexity index is 624. The number of halogens is 2. The van der Waals surface area contributed by atoms with Crippen molar-refractivity contribution in [3.63, 3.8) is 0 Å². The lowest BCUT2D eigenvalue weighted by Gasteiger charge is -2.09. The van der Waals surface area contributed by atoms with Crippen molar-refractivity contribution in [2.24, 2.45) is 0 Å². The van der Waals surface area contributed by atoms with Gasteiger partial charge in [-0.2, -0.15) is 0 Å². The van der Waals surface area contributed by atoms with Gasteiger partial charge < -0.3 is 10.5 Å². The highest BCUT2D eigenvalue weighted by Crippen LogP contribution is 2.33. The second-order valence-electron chi connectivity index (χ2n) is 3.64. The highest BCUT2D eigenvalue weighted by Gasteiger charge is 2.19. The third-order valence-electron chi connectivity index (χ3n) is 2.32. The first-order chi connectivity index (χ1) is 8.99. The first-order valence-corrected chi connectivity index (χ1v) is 5.15. The largest absolute Gasteiger partial charge is 0.449 e. The van der Waals surface area contributed by atoms with Gasteiger partial charge in [-0.25, -0.2) is 8.78 Å². The molecule has 0 saturated carbocycles. The molecule has 0 aliphatic heterocycles. The predicted octanol–water partition coefficient (Wildman–Crippen LogP) is 3.25. The summed E-state index contributed by atoms with van der Waals surface area (Å²) in [7, 11) is 0. The number of anilines is 1. The molecule has 0 radical (unpaired) electrons. The van der Waals surface area contributed by atoms with Crippen LogP contribution in [0.1, 0.15) is 0 Å². The number of nitrogens with two attached hydrogens (primary N) is 1. The fraction of sp³-hybridized carbons (Fsp3) is 0. The van der Waals surface area contributed by atoms with Crippen molar-refractivity contribution in [2.45, 2.75) is 0 Å². The molecule has 0 heterocycles. The number of para-hydroxylation sites is 2. The quantitative estimate of drug-likeness (QED) is 0.525. The molecule has 0 unspecified atom stereocenters. The summed E-state index contributed by atoms with van der Waals surface area (Å²) in [5.74, 6) is -3.01. The molecule has 0 spiro atoms. The van der Waals surface area contributed by atoms with Gasteiger partial charge in [0.2, 0.25) is 0 Å². The summed E-state index contributed by atoms with van der Waals surface area (Å²) in [6.07, 6.45) is 0. The van der Waals surface area contributed by atoms with E-state index in [1.165, 1.54) is 12.1 Å². The van der Waals surface area contributed by atoms with Gasteiger partial charge in [0.1, 0.15) is 0 Å². The van der Waals surface area contributed by atoms with Crippen molar-refractivity contribution < 1.29 is 18.4 Å². The Kier molecular flexibility index (Phi) is 3.28. The topological polar surface area (TPSA) is 78.4 Å². The van der Waals surface area contributed by atoms with Crippen molar-refractivity contribution in [1.82, 2.24) is 0 Å². The Hall–Kier alpha value is -2.70. The Labute approximate surface area is 106 Å². The van der Waals surface area contributed by atoms with E-state index in [1.807, 2.05) is 0 Å². The first-order valence-electron chi connectivity index (χ1n) is 5.15. The Morgan fingerprint density at radius 1 is 1.16 bits per heavy atom. The van der Waals surface area contributed by atoms with E-state index in [0.717, 1.165) is 0 Å². The van der Waals surface area contributed by atoms with Gasteiger partial charge in [-0.3, -0.25) is 10.1 Å². The standard InChI is InChI=1S/C12H8F2N2O3/c13-8-5-7(16(17)18)6-9(14)12(8)19-11-4-2-1-3-10(11)15/h1-6H,15H2. The zero-order valence-corrected chi connectivity index (χ0v) is 9.47. The number of hydrogen-bond donors (Lipinski definition) is 1. The van der Waals surface area contributed by atoms with Gasteiger partial charge in [-0.1, -0.05) is 12.1 Å². The van der Waals surface area contributed by atoms with Crippen molar-refractivity contribution in [3.05, 3.63) is 58.1 Å². The molecule has 2 rings (SSSR count). The number of nitro benzene ring substituents is 1. The maximum Gasteiger partial charge on any atom is 0.275 e. The zero-order chi connectivity index (χ0) is 14.0. The van der Waals surface area contributed by atoms with E-state index in [4.69, 9.17) is 10.5 Å². The molecule has 7 heteroatoms. The van der Waals surface area contributed by atoms with E-state index in [0.29, 0.717) is 12.1 Å². The van der Waals surface area contributed by atoms with Crippen LogP contribution in [0.2, 0.25) is 0 Å². The van der Waals surface area contributed by atoms with Crippen molar-refractivity contribution in [3.8, 4) is 11.5 Å². The van der Waals surface area contributed by atoms with Gasteiger partial charge >= 0.3 is 0 Å².